The molecule has 0 aromatic rings. The minimum absolute atomic E-state index is 0.568. The summed E-state index contributed by atoms with van der Waals surface area (Å²) in [7, 11) is 0. The van der Waals surface area contributed by atoms with Gasteiger partial charge in [0.2, 0.25) is 0 Å². The van der Waals surface area contributed by atoms with Gasteiger partial charge in [0, 0.05) is 38.9 Å². The van der Waals surface area contributed by atoms with Gasteiger partial charge in [-0.15, -0.1) is 0 Å². The van der Waals surface area contributed by atoms with E-state index in [9.17, 15) is 0 Å². The molecule has 1 N–H and O–H groups in total. The fourth-order valence-corrected chi connectivity index (χ4v) is 2.82. The second kappa shape index (κ2) is 7.43. The lowest BCUT2D eigenvalue weighted by Crippen LogP contribution is -2.46. The topological polar surface area (TPSA) is 33.7 Å². The molecule has 4 heteroatoms. The number of hydrogen-bond donors (Lipinski definition) is 1. The van der Waals surface area contributed by atoms with Crippen molar-refractivity contribution in [2.24, 2.45) is 11.8 Å². The molecule has 2 aliphatic heterocycles. The highest BCUT2D eigenvalue weighted by Crippen LogP contribution is 2.20. The third kappa shape index (κ3) is 4.50. The van der Waals surface area contributed by atoms with Crippen LogP contribution in [0.5, 0.6) is 0 Å². The molecular weight excluding hydrogens is 228 g/mol. The van der Waals surface area contributed by atoms with Crippen LogP contribution in [0, 0.1) is 11.8 Å². The molecule has 0 aliphatic carbocycles. The molecule has 0 aromatic heterocycles. The predicted octanol–water partition coefficient (Wildman–Crippen LogP) is 0.969. The summed E-state index contributed by atoms with van der Waals surface area (Å²) in [6.45, 7) is 12.7. The Morgan fingerprint density at radius 2 is 2.00 bits per heavy atom. The van der Waals surface area contributed by atoms with Crippen LogP contribution >= 0.6 is 0 Å². The highest BCUT2D eigenvalue weighted by molar-refractivity contribution is 4.76. The lowest BCUT2D eigenvalue weighted by atomic mass is 9.90. The summed E-state index contributed by atoms with van der Waals surface area (Å²) in [5, 5.41) is 3.69. The van der Waals surface area contributed by atoms with Gasteiger partial charge in [-0.2, -0.15) is 0 Å². The van der Waals surface area contributed by atoms with E-state index >= 15 is 0 Å². The van der Waals surface area contributed by atoms with Gasteiger partial charge in [0.15, 0.2) is 0 Å². The predicted molar refractivity (Wildman–Crippen MR) is 72.8 cm³/mol. The number of nitrogens with one attached hydrogen (secondary N) is 1. The molecule has 2 heterocycles. The zero-order chi connectivity index (χ0) is 12.8. The molecular formula is C14H28N2O2. The molecule has 18 heavy (non-hydrogen) atoms. The molecule has 106 valence electrons. The summed E-state index contributed by atoms with van der Waals surface area (Å²) in [6, 6.07) is 0.568. The van der Waals surface area contributed by atoms with Crippen LogP contribution in [0.15, 0.2) is 0 Å². The average molecular weight is 256 g/mol. The molecule has 0 bridgehead atoms. The molecule has 0 aromatic carbocycles. The molecule has 0 spiro atoms. The summed E-state index contributed by atoms with van der Waals surface area (Å²) in [5.74, 6) is 1.48. The van der Waals surface area contributed by atoms with E-state index in [2.05, 4.69) is 24.1 Å². The fraction of sp³-hybridized carbons (Fsp3) is 1.00. The largest absolute Gasteiger partial charge is 0.381 e. The lowest BCUT2D eigenvalue weighted by molar-refractivity contribution is 0.0205. The minimum Gasteiger partial charge on any atom is -0.381 e. The van der Waals surface area contributed by atoms with E-state index in [0.717, 1.165) is 58.5 Å². The molecule has 3 atom stereocenters. The van der Waals surface area contributed by atoms with Crippen molar-refractivity contribution < 1.29 is 9.47 Å². The first kappa shape index (κ1) is 14.3. The Morgan fingerprint density at radius 3 is 2.72 bits per heavy atom. The van der Waals surface area contributed by atoms with Crippen molar-refractivity contribution in [2.75, 3.05) is 52.6 Å². The van der Waals surface area contributed by atoms with Gasteiger partial charge in [-0.3, -0.25) is 4.90 Å². The smallest absolute Gasteiger partial charge is 0.0594 e. The van der Waals surface area contributed by atoms with Gasteiger partial charge in [0.25, 0.3) is 0 Å². The zero-order valence-corrected chi connectivity index (χ0v) is 11.9. The van der Waals surface area contributed by atoms with Gasteiger partial charge < -0.3 is 14.8 Å². The van der Waals surface area contributed by atoms with Gasteiger partial charge in [-0.1, -0.05) is 6.92 Å². The Kier molecular flexibility index (Phi) is 5.89. The maximum absolute atomic E-state index is 5.49. The molecule has 0 radical (unpaired) electrons. The molecule has 2 rings (SSSR count). The van der Waals surface area contributed by atoms with E-state index in [1.807, 2.05) is 0 Å². The van der Waals surface area contributed by atoms with E-state index in [4.69, 9.17) is 9.47 Å². The van der Waals surface area contributed by atoms with Crippen LogP contribution in [-0.4, -0.2) is 63.5 Å². The summed E-state index contributed by atoms with van der Waals surface area (Å²) in [4.78, 5) is 2.49. The number of rotatable bonds is 5. The third-order valence-corrected chi connectivity index (χ3v) is 4.18. The summed E-state index contributed by atoms with van der Waals surface area (Å²) >= 11 is 0. The molecule has 3 unspecified atom stereocenters. The average Bonchev–Trinajstić information content (AvgIpc) is 2.39. The van der Waals surface area contributed by atoms with E-state index in [1.165, 1.54) is 6.42 Å². The highest BCUT2D eigenvalue weighted by Gasteiger charge is 2.22. The van der Waals surface area contributed by atoms with Gasteiger partial charge in [0.1, 0.15) is 0 Å². The van der Waals surface area contributed by atoms with Crippen molar-refractivity contribution >= 4 is 0 Å². The van der Waals surface area contributed by atoms with Crippen LogP contribution in [0.25, 0.3) is 0 Å². The quantitative estimate of drug-likeness (QED) is 0.795. The standard InChI is InChI=1S/C14H28N2O2/c1-12-11-18-6-3-14(12)9-15-13(2)10-16-4-7-17-8-5-16/h12-15H,3-11H2,1-2H3. The van der Waals surface area contributed by atoms with Crippen LogP contribution in [-0.2, 0) is 9.47 Å². The van der Waals surface area contributed by atoms with Gasteiger partial charge >= 0.3 is 0 Å². The van der Waals surface area contributed by atoms with Crippen LogP contribution in [0.3, 0.4) is 0 Å². The minimum atomic E-state index is 0.568. The molecule has 0 amide bonds. The lowest BCUT2D eigenvalue weighted by Gasteiger charge is -2.32. The first-order valence-electron chi connectivity index (χ1n) is 7.37. The summed E-state index contributed by atoms with van der Waals surface area (Å²) < 4.78 is 10.9. The van der Waals surface area contributed by atoms with Crippen molar-refractivity contribution in [1.29, 1.82) is 0 Å². The molecule has 0 saturated carbocycles. The number of hydrogen-bond acceptors (Lipinski definition) is 4. The van der Waals surface area contributed by atoms with E-state index in [-0.39, 0.29) is 0 Å². The monoisotopic (exact) mass is 256 g/mol. The van der Waals surface area contributed by atoms with E-state index in [1.54, 1.807) is 0 Å². The number of morpholine rings is 1. The Balaban J connectivity index is 1.62. The zero-order valence-electron chi connectivity index (χ0n) is 11.9. The third-order valence-electron chi connectivity index (χ3n) is 4.18. The van der Waals surface area contributed by atoms with Crippen molar-refractivity contribution in [3.8, 4) is 0 Å². The summed E-state index contributed by atoms with van der Waals surface area (Å²) in [6.07, 6.45) is 1.21. The molecule has 4 nitrogen and oxygen atoms in total. The molecule has 2 aliphatic rings. The van der Waals surface area contributed by atoms with Crippen LogP contribution in [0.1, 0.15) is 20.3 Å². The Labute approximate surface area is 111 Å². The normalized spacial score (nSPS) is 32.3. The SMILES string of the molecule is CC(CN1CCOCC1)NCC1CCOCC1C. The Morgan fingerprint density at radius 1 is 1.22 bits per heavy atom. The number of nitrogens with zero attached hydrogens (tertiary/aromatic N) is 1. The number of ether oxygens (including phenoxy) is 2. The van der Waals surface area contributed by atoms with Crippen LogP contribution < -0.4 is 5.32 Å². The second-order valence-electron chi connectivity index (χ2n) is 5.82. The van der Waals surface area contributed by atoms with Gasteiger partial charge in [-0.25, -0.2) is 0 Å². The van der Waals surface area contributed by atoms with Crippen LogP contribution in [0.4, 0.5) is 0 Å². The van der Waals surface area contributed by atoms with Crippen molar-refractivity contribution in [1.82, 2.24) is 10.2 Å². The molecule has 2 fully saturated rings. The van der Waals surface area contributed by atoms with Gasteiger partial charge in [-0.05, 0) is 31.7 Å². The first-order chi connectivity index (χ1) is 8.75. The first-order valence-corrected chi connectivity index (χ1v) is 7.37. The van der Waals surface area contributed by atoms with Crippen molar-refractivity contribution in [3.05, 3.63) is 0 Å². The van der Waals surface area contributed by atoms with Crippen molar-refractivity contribution in [2.45, 2.75) is 26.3 Å². The molecule has 2 saturated heterocycles. The van der Waals surface area contributed by atoms with E-state index in [0.29, 0.717) is 12.0 Å². The summed E-state index contributed by atoms with van der Waals surface area (Å²) in [5.41, 5.74) is 0. The van der Waals surface area contributed by atoms with Crippen molar-refractivity contribution in [3.63, 3.8) is 0 Å². The fourth-order valence-electron chi connectivity index (χ4n) is 2.82. The maximum atomic E-state index is 5.49. The Bertz CT molecular complexity index is 232. The maximum Gasteiger partial charge on any atom is 0.0594 e. The van der Waals surface area contributed by atoms with E-state index < -0.39 is 0 Å². The van der Waals surface area contributed by atoms with Crippen LogP contribution in [0.2, 0.25) is 0 Å². The second-order valence-corrected chi connectivity index (χ2v) is 5.82. The highest BCUT2D eigenvalue weighted by atomic mass is 16.5. The Hall–Kier alpha value is -0.160. The van der Waals surface area contributed by atoms with Gasteiger partial charge in [0.05, 0.1) is 13.2 Å².